The lowest BCUT2D eigenvalue weighted by Gasteiger charge is -2.07. The predicted octanol–water partition coefficient (Wildman–Crippen LogP) is 1.38. The predicted molar refractivity (Wildman–Crippen MR) is 61.7 cm³/mol. The fourth-order valence-electron chi connectivity index (χ4n) is 1.52. The molecule has 0 saturated heterocycles. The summed E-state index contributed by atoms with van der Waals surface area (Å²) < 4.78 is 51.7. The van der Waals surface area contributed by atoms with Crippen LogP contribution in [0, 0.1) is 0 Å². The third kappa shape index (κ3) is 2.82. The summed E-state index contributed by atoms with van der Waals surface area (Å²) in [6, 6.07) is 4.67. The molecule has 1 amide bonds. The number of nitrogens with one attached hydrogen (secondary N) is 1. The lowest BCUT2D eigenvalue weighted by Crippen LogP contribution is -2.29. The first-order chi connectivity index (χ1) is 8.79. The van der Waals surface area contributed by atoms with Gasteiger partial charge in [0.2, 0.25) is 0 Å². The van der Waals surface area contributed by atoms with Crippen molar-refractivity contribution in [2.45, 2.75) is 6.18 Å². The molecule has 0 radical (unpaired) electrons. The average molecular weight is 291 g/mol. The van der Waals surface area contributed by atoms with Crippen molar-refractivity contribution in [3.63, 3.8) is 0 Å². The van der Waals surface area contributed by atoms with Crippen molar-refractivity contribution in [1.29, 1.82) is 0 Å². The van der Waals surface area contributed by atoms with Gasteiger partial charge in [-0.25, -0.2) is 4.52 Å². The summed E-state index contributed by atoms with van der Waals surface area (Å²) in [6.45, 7) is 0. The molecule has 0 aromatic carbocycles. The fraction of sp³-hybridized carbons (Fsp3) is 0.200. The maximum Gasteiger partial charge on any atom is 0.433 e. The molecule has 1 unspecified atom stereocenters. The van der Waals surface area contributed by atoms with Crippen molar-refractivity contribution in [2.24, 2.45) is 0 Å². The lowest BCUT2D eigenvalue weighted by molar-refractivity contribution is -0.142. The van der Waals surface area contributed by atoms with Gasteiger partial charge in [0.05, 0.1) is 16.9 Å². The average Bonchev–Trinajstić information content (AvgIpc) is 2.69. The van der Waals surface area contributed by atoms with Crippen LogP contribution in [0.15, 0.2) is 24.3 Å². The zero-order chi connectivity index (χ0) is 14.2. The molecular formula is C10H8F3N3O2S. The highest BCUT2D eigenvalue weighted by Gasteiger charge is 2.34. The van der Waals surface area contributed by atoms with Gasteiger partial charge in [-0.05, 0) is 18.2 Å². The Hall–Kier alpha value is -1.74. The van der Waals surface area contributed by atoms with E-state index in [0.717, 1.165) is 6.07 Å². The molecule has 5 nitrogen and oxygen atoms in total. The summed E-state index contributed by atoms with van der Waals surface area (Å²) in [7, 11) is 0. The number of nitrogens with zero attached hydrogens (tertiary/aromatic N) is 2. The van der Waals surface area contributed by atoms with Crippen LogP contribution < -0.4 is 4.72 Å². The Morgan fingerprint density at radius 3 is 2.74 bits per heavy atom. The van der Waals surface area contributed by atoms with Crippen LogP contribution in [-0.4, -0.2) is 26.3 Å². The van der Waals surface area contributed by atoms with E-state index in [-0.39, 0.29) is 11.2 Å². The van der Waals surface area contributed by atoms with Crippen molar-refractivity contribution in [2.75, 3.05) is 6.26 Å². The fourth-order valence-corrected chi connectivity index (χ4v) is 1.89. The Labute approximate surface area is 108 Å². The summed E-state index contributed by atoms with van der Waals surface area (Å²) in [6.07, 6.45) is -3.35. The number of hydrogen-bond donors (Lipinski definition) is 1. The molecule has 1 atom stereocenters. The SMILES string of the molecule is C[S+]([O-])NC(=O)c1cc2cccc(C(F)(F)F)n2n1. The number of carbonyl (C=O) groups is 1. The van der Waals surface area contributed by atoms with E-state index in [9.17, 15) is 22.5 Å². The highest BCUT2D eigenvalue weighted by atomic mass is 32.2. The van der Waals surface area contributed by atoms with E-state index in [1.807, 2.05) is 0 Å². The molecule has 0 aliphatic rings. The molecule has 0 aliphatic carbocycles. The summed E-state index contributed by atoms with van der Waals surface area (Å²) in [4.78, 5) is 11.5. The van der Waals surface area contributed by atoms with Crippen LogP contribution in [0.3, 0.4) is 0 Å². The first-order valence-electron chi connectivity index (χ1n) is 4.99. The second kappa shape index (κ2) is 4.74. The number of pyridine rings is 1. The van der Waals surface area contributed by atoms with Gasteiger partial charge in [-0.15, -0.1) is 0 Å². The molecule has 2 aromatic rings. The minimum absolute atomic E-state index is 0.127. The number of aromatic nitrogens is 2. The molecule has 2 aromatic heterocycles. The number of fused-ring (bicyclic) bond motifs is 1. The Balaban J connectivity index is 2.49. The second-order valence-electron chi connectivity index (χ2n) is 3.66. The van der Waals surface area contributed by atoms with Gasteiger partial charge in [0.25, 0.3) is 0 Å². The summed E-state index contributed by atoms with van der Waals surface area (Å²) in [5.41, 5.74) is -1.09. The lowest BCUT2D eigenvalue weighted by atomic mass is 10.3. The first-order valence-corrected chi connectivity index (χ1v) is 6.55. The Kier molecular flexibility index (Phi) is 3.42. The molecule has 2 heterocycles. The summed E-state index contributed by atoms with van der Waals surface area (Å²) in [5.74, 6) is -0.794. The van der Waals surface area contributed by atoms with Crippen LogP contribution in [0.4, 0.5) is 13.2 Å². The normalized spacial score (nSPS) is 13.5. The second-order valence-corrected chi connectivity index (χ2v) is 4.77. The number of rotatable bonds is 2. The van der Waals surface area contributed by atoms with E-state index in [1.54, 1.807) is 0 Å². The molecular weight excluding hydrogens is 283 g/mol. The van der Waals surface area contributed by atoms with Gasteiger partial charge in [0.15, 0.2) is 5.69 Å². The van der Waals surface area contributed by atoms with Crippen molar-refractivity contribution in [3.05, 3.63) is 35.7 Å². The van der Waals surface area contributed by atoms with Crippen LogP contribution in [0.5, 0.6) is 0 Å². The third-order valence-electron chi connectivity index (χ3n) is 2.25. The standard InChI is InChI=1S/C10H8F3N3O2S/c1-19(18)15-9(17)7-5-6-3-2-4-8(10(11,12)13)16(6)14-7/h2-5H,1H3,(H,15,17). The molecule has 0 fully saturated rings. The van der Waals surface area contributed by atoms with Crippen molar-refractivity contribution in [3.8, 4) is 0 Å². The summed E-state index contributed by atoms with van der Waals surface area (Å²) >= 11 is -1.61. The minimum Gasteiger partial charge on any atom is -0.593 e. The van der Waals surface area contributed by atoms with E-state index in [1.165, 1.54) is 24.5 Å². The van der Waals surface area contributed by atoms with Crippen LogP contribution >= 0.6 is 0 Å². The highest BCUT2D eigenvalue weighted by molar-refractivity contribution is 7.89. The molecule has 0 saturated carbocycles. The third-order valence-corrected chi connectivity index (χ3v) is 2.72. The highest BCUT2D eigenvalue weighted by Crippen LogP contribution is 2.29. The van der Waals surface area contributed by atoms with E-state index >= 15 is 0 Å². The molecule has 0 aliphatic heterocycles. The number of alkyl halides is 3. The minimum atomic E-state index is -4.58. The van der Waals surface area contributed by atoms with Crippen LogP contribution in [0.2, 0.25) is 0 Å². The number of hydrogen-bond acceptors (Lipinski definition) is 3. The van der Waals surface area contributed by atoms with Gasteiger partial charge in [-0.3, -0.25) is 4.79 Å². The van der Waals surface area contributed by atoms with E-state index in [2.05, 4.69) is 9.82 Å². The zero-order valence-electron chi connectivity index (χ0n) is 9.56. The number of amides is 1. The largest absolute Gasteiger partial charge is 0.593 e. The van der Waals surface area contributed by atoms with Crippen molar-refractivity contribution in [1.82, 2.24) is 14.3 Å². The van der Waals surface area contributed by atoms with E-state index in [4.69, 9.17) is 0 Å². The van der Waals surface area contributed by atoms with Crippen LogP contribution in [-0.2, 0) is 17.5 Å². The van der Waals surface area contributed by atoms with Crippen molar-refractivity contribution < 1.29 is 22.5 Å². The van der Waals surface area contributed by atoms with Crippen LogP contribution in [0.25, 0.3) is 5.52 Å². The molecule has 2 rings (SSSR count). The topological polar surface area (TPSA) is 69.5 Å². The number of carbonyl (C=O) groups excluding carboxylic acids is 1. The monoisotopic (exact) mass is 291 g/mol. The quantitative estimate of drug-likeness (QED) is 0.850. The smallest absolute Gasteiger partial charge is 0.433 e. The Morgan fingerprint density at radius 1 is 1.47 bits per heavy atom. The first kappa shape index (κ1) is 13.7. The molecule has 102 valence electrons. The Bertz CT molecular complexity index is 624. The zero-order valence-corrected chi connectivity index (χ0v) is 10.4. The van der Waals surface area contributed by atoms with Gasteiger partial charge >= 0.3 is 12.1 Å². The van der Waals surface area contributed by atoms with E-state index < -0.39 is 29.1 Å². The van der Waals surface area contributed by atoms with Gasteiger partial charge in [0, 0.05) is 0 Å². The Morgan fingerprint density at radius 2 is 2.16 bits per heavy atom. The molecule has 9 heteroatoms. The van der Waals surface area contributed by atoms with Gasteiger partial charge in [-0.2, -0.15) is 23.0 Å². The van der Waals surface area contributed by atoms with Gasteiger partial charge in [0.1, 0.15) is 11.9 Å². The number of halogens is 3. The van der Waals surface area contributed by atoms with Gasteiger partial charge in [-0.1, -0.05) is 6.07 Å². The maximum atomic E-state index is 12.7. The van der Waals surface area contributed by atoms with Gasteiger partial charge < -0.3 is 4.55 Å². The molecule has 1 N–H and O–H groups in total. The molecule has 0 spiro atoms. The maximum absolute atomic E-state index is 12.7. The van der Waals surface area contributed by atoms with Crippen LogP contribution in [0.1, 0.15) is 16.2 Å². The van der Waals surface area contributed by atoms with Crippen molar-refractivity contribution >= 4 is 22.8 Å². The van der Waals surface area contributed by atoms with E-state index in [0.29, 0.717) is 4.52 Å². The molecule has 0 bridgehead atoms. The molecule has 19 heavy (non-hydrogen) atoms. The summed E-state index contributed by atoms with van der Waals surface area (Å²) in [5, 5.41) is 3.58.